The Balaban J connectivity index is 2.93. The minimum Gasteiger partial charge on any atom is -0.387 e. The standard InChI is InChI=1S/C8H12N2O/c1-6-5-10-3-2-7(6)8(11)4-9/h2-3,5,8,11H,4,9H2,1H3/t8-/m0/s1. The molecule has 0 aliphatic carbocycles. The average Bonchev–Trinajstić information content (AvgIpc) is 2.04. The van der Waals surface area contributed by atoms with Gasteiger partial charge in [-0.1, -0.05) is 0 Å². The van der Waals surface area contributed by atoms with Gasteiger partial charge in [0, 0.05) is 18.9 Å². The number of aliphatic hydroxyl groups is 1. The molecule has 60 valence electrons. The van der Waals surface area contributed by atoms with E-state index in [2.05, 4.69) is 4.98 Å². The summed E-state index contributed by atoms with van der Waals surface area (Å²) in [4.78, 5) is 3.91. The van der Waals surface area contributed by atoms with Crippen LogP contribution in [0.1, 0.15) is 17.2 Å². The van der Waals surface area contributed by atoms with E-state index >= 15 is 0 Å². The van der Waals surface area contributed by atoms with E-state index in [1.807, 2.05) is 6.92 Å². The van der Waals surface area contributed by atoms with Gasteiger partial charge in [-0.25, -0.2) is 0 Å². The Hall–Kier alpha value is -0.930. The maximum Gasteiger partial charge on any atom is 0.0915 e. The molecule has 0 bridgehead atoms. The third kappa shape index (κ3) is 1.76. The molecule has 0 saturated heterocycles. The quantitative estimate of drug-likeness (QED) is 0.644. The van der Waals surface area contributed by atoms with Gasteiger partial charge >= 0.3 is 0 Å². The first-order valence-electron chi connectivity index (χ1n) is 3.54. The Kier molecular flexibility index (Phi) is 2.57. The Morgan fingerprint density at radius 1 is 1.73 bits per heavy atom. The predicted octanol–water partition coefficient (Wildman–Crippen LogP) is 0.382. The van der Waals surface area contributed by atoms with Crippen LogP contribution in [-0.2, 0) is 0 Å². The van der Waals surface area contributed by atoms with Crippen LogP contribution in [0.15, 0.2) is 18.5 Å². The van der Waals surface area contributed by atoms with E-state index in [-0.39, 0.29) is 6.54 Å². The fraction of sp³-hybridized carbons (Fsp3) is 0.375. The fourth-order valence-corrected chi connectivity index (χ4v) is 0.985. The zero-order valence-electron chi connectivity index (χ0n) is 6.49. The monoisotopic (exact) mass is 152 g/mol. The summed E-state index contributed by atoms with van der Waals surface area (Å²) in [5, 5.41) is 9.36. The van der Waals surface area contributed by atoms with Crippen molar-refractivity contribution in [3.05, 3.63) is 29.6 Å². The van der Waals surface area contributed by atoms with Gasteiger partial charge in [0.25, 0.3) is 0 Å². The third-order valence-electron chi connectivity index (χ3n) is 1.65. The maximum absolute atomic E-state index is 9.36. The van der Waals surface area contributed by atoms with E-state index in [1.165, 1.54) is 0 Å². The SMILES string of the molecule is Cc1cnccc1[C@@H](O)CN. The van der Waals surface area contributed by atoms with E-state index in [4.69, 9.17) is 5.73 Å². The van der Waals surface area contributed by atoms with Crippen LogP contribution in [0, 0.1) is 6.92 Å². The zero-order valence-corrected chi connectivity index (χ0v) is 6.49. The number of aliphatic hydroxyl groups excluding tert-OH is 1. The minimum atomic E-state index is -0.557. The maximum atomic E-state index is 9.36. The van der Waals surface area contributed by atoms with E-state index in [9.17, 15) is 5.11 Å². The summed E-state index contributed by atoms with van der Waals surface area (Å²) in [7, 11) is 0. The van der Waals surface area contributed by atoms with E-state index in [1.54, 1.807) is 18.5 Å². The third-order valence-corrected chi connectivity index (χ3v) is 1.65. The Bertz CT molecular complexity index is 237. The van der Waals surface area contributed by atoms with Crippen LogP contribution in [-0.4, -0.2) is 16.6 Å². The summed E-state index contributed by atoms with van der Waals surface area (Å²) in [6, 6.07) is 1.78. The summed E-state index contributed by atoms with van der Waals surface area (Å²) in [5.41, 5.74) is 7.14. The van der Waals surface area contributed by atoms with Crippen LogP contribution >= 0.6 is 0 Å². The lowest BCUT2D eigenvalue weighted by atomic mass is 10.1. The summed E-state index contributed by atoms with van der Waals surface area (Å²) in [6.45, 7) is 2.16. The molecule has 0 amide bonds. The molecule has 3 N–H and O–H groups in total. The zero-order chi connectivity index (χ0) is 8.27. The minimum absolute atomic E-state index is 0.255. The molecule has 3 nitrogen and oxygen atoms in total. The number of hydrogen-bond acceptors (Lipinski definition) is 3. The van der Waals surface area contributed by atoms with Crippen LogP contribution in [0.4, 0.5) is 0 Å². The van der Waals surface area contributed by atoms with Crippen molar-refractivity contribution in [2.75, 3.05) is 6.54 Å². The molecule has 1 aromatic rings. The van der Waals surface area contributed by atoms with Crippen molar-refractivity contribution < 1.29 is 5.11 Å². The summed E-state index contributed by atoms with van der Waals surface area (Å²) < 4.78 is 0. The van der Waals surface area contributed by atoms with E-state index < -0.39 is 6.10 Å². The highest BCUT2D eigenvalue weighted by molar-refractivity contribution is 5.23. The molecule has 1 aromatic heterocycles. The number of pyridine rings is 1. The van der Waals surface area contributed by atoms with Gasteiger partial charge in [0.2, 0.25) is 0 Å². The second-order valence-electron chi connectivity index (χ2n) is 2.48. The lowest BCUT2D eigenvalue weighted by Gasteiger charge is -2.09. The summed E-state index contributed by atoms with van der Waals surface area (Å²) in [6.07, 6.45) is 2.81. The molecule has 0 radical (unpaired) electrons. The molecule has 0 unspecified atom stereocenters. The van der Waals surface area contributed by atoms with Crippen LogP contribution in [0.5, 0.6) is 0 Å². The van der Waals surface area contributed by atoms with Crippen molar-refractivity contribution in [2.24, 2.45) is 5.73 Å². The number of nitrogens with zero attached hydrogens (tertiary/aromatic N) is 1. The second-order valence-corrected chi connectivity index (χ2v) is 2.48. The van der Waals surface area contributed by atoms with Crippen LogP contribution in [0.2, 0.25) is 0 Å². The lowest BCUT2D eigenvalue weighted by molar-refractivity contribution is 0.186. The van der Waals surface area contributed by atoms with Crippen molar-refractivity contribution in [1.29, 1.82) is 0 Å². The first-order valence-corrected chi connectivity index (χ1v) is 3.54. The molecular formula is C8H12N2O. The number of rotatable bonds is 2. The highest BCUT2D eigenvalue weighted by Crippen LogP contribution is 2.13. The van der Waals surface area contributed by atoms with Gasteiger partial charge in [-0.2, -0.15) is 0 Å². The van der Waals surface area contributed by atoms with Crippen molar-refractivity contribution in [2.45, 2.75) is 13.0 Å². The highest BCUT2D eigenvalue weighted by atomic mass is 16.3. The first kappa shape index (κ1) is 8.17. The molecule has 0 spiro atoms. The van der Waals surface area contributed by atoms with Crippen LogP contribution in [0.3, 0.4) is 0 Å². The van der Waals surface area contributed by atoms with Gasteiger partial charge < -0.3 is 10.8 Å². The molecule has 11 heavy (non-hydrogen) atoms. The molecule has 0 fully saturated rings. The van der Waals surface area contributed by atoms with Crippen molar-refractivity contribution in [3.8, 4) is 0 Å². The van der Waals surface area contributed by atoms with Gasteiger partial charge in [-0.05, 0) is 24.1 Å². The normalized spacial score (nSPS) is 13.0. The largest absolute Gasteiger partial charge is 0.387 e. The molecule has 0 aliphatic heterocycles. The molecule has 0 aromatic carbocycles. The molecule has 3 heteroatoms. The molecule has 0 aliphatic rings. The molecule has 1 heterocycles. The van der Waals surface area contributed by atoms with Gasteiger partial charge in [-0.3, -0.25) is 4.98 Å². The molecular weight excluding hydrogens is 140 g/mol. The van der Waals surface area contributed by atoms with Crippen molar-refractivity contribution in [1.82, 2.24) is 4.98 Å². The topological polar surface area (TPSA) is 59.1 Å². The van der Waals surface area contributed by atoms with Gasteiger partial charge in [0.05, 0.1) is 6.10 Å². The smallest absolute Gasteiger partial charge is 0.0915 e. The molecule has 0 saturated carbocycles. The van der Waals surface area contributed by atoms with Gasteiger partial charge in [0.15, 0.2) is 0 Å². The molecule has 1 rings (SSSR count). The Morgan fingerprint density at radius 3 is 3.00 bits per heavy atom. The Morgan fingerprint density at radius 2 is 2.45 bits per heavy atom. The fourth-order valence-electron chi connectivity index (χ4n) is 0.985. The Labute approximate surface area is 65.9 Å². The van der Waals surface area contributed by atoms with E-state index in [0.29, 0.717) is 0 Å². The average molecular weight is 152 g/mol. The molecule has 1 atom stereocenters. The summed E-state index contributed by atoms with van der Waals surface area (Å²) >= 11 is 0. The van der Waals surface area contributed by atoms with Crippen molar-refractivity contribution >= 4 is 0 Å². The predicted molar refractivity (Wildman–Crippen MR) is 43.0 cm³/mol. The number of hydrogen-bond donors (Lipinski definition) is 2. The van der Waals surface area contributed by atoms with Gasteiger partial charge in [0.1, 0.15) is 0 Å². The summed E-state index contributed by atoms with van der Waals surface area (Å²) in [5.74, 6) is 0. The van der Waals surface area contributed by atoms with Crippen molar-refractivity contribution in [3.63, 3.8) is 0 Å². The number of nitrogens with two attached hydrogens (primary N) is 1. The van der Waals surface area contributed by atoms with Crippen LogP contribution < -0.4 is 5.73 Å². The van der Waals surface area contributed by atoms with Gasteiger partial charge in [-0.15, -0.1) is 0 Å². The van der Waals surface area contributed by atoms with E-state index in [0.717, 1.165) is 11.1 Å². The highest BCUT2D eigenvalue weighted by Gasteiger charge is 2.06. The lowest BCUT2D eigenvalue weighted by Crippen LogP contribution is -2.12. The number of aryl methyl sites for hydroxylation is 1. The first-order chi connectivity index (χ1) is 5.25. The van der Waals surface area contributed by atoms with Crippen LogP contribution in [0.25, 0.3) is 0 Å². The second kappa shape index (κ2) is 3.46. The number of aromatic nitrogens is 1.